The van der Waals surface area contributed by atoms with Crippen molar-refractivity contribution in [1.29, 1.82) is 0 Å². The lowest BCUT2D eigenvalue weighted by molar-refractivity contribution is -0.0573. The SMILES string of the molecule is Cc1cccc(Oc2c(CN(CC(C)C)C[C@H](O)COC(C)(C)C)c(C)nn2-c2ccccc2)c1. The minimum Gasteiger partial charge on any atom is -0.439 e. The van der Waals surface area contributed by atoms with E-state index < -0.39 is 6.10 Å². The molecular formula is C29H41N3O3. The first kappa shape index (κ1) is 26.9. The minimum absolute atomic E-state index is 0.286. The van der Waals surface area contributed by atoms with E-state index >= 15 is 0 Å². The van der Waals surface area contributed by atoms with Crippen molar-refractivity contribution < 1.29 is 14.6 Å². The van der Waals surface area contributed by atoms with Gasteiger partial charge in [0.25, 0.3) is 0 Å². The molecule has 0 aliphatic carbocycles. The van der Waals surface area contributed by atoms with Gasteiger partial charge in [0.05, 0.1) is 35.3 Å². The maximum atomic E-state index is 10.7. The lowest BCUT2D eigenvalue weighted by Crippen LogP contribution is -2.38. The molecule has 0 aliphatic heterocycles. The average Bonchev–Trinajstić information content (AvgIpc) is 3.07. The molecule has 1 aromatic heterocycles. The molecule has 0 amide bonds. The standard InChI is InChI=1S/C29H41N3O3/c1-21(2)17-31(18-25(33)20-34-29(5,6)7)19-27-23(4)30-32(24-13-9-8-10-14-24)28(27)35-26-15-11-12-22(3)16-26/h8-16,21,25,33H,17-20H2,1-7H3/t25-/m0/s1. The molecule has 6 nitrogen and oxygen atoms in total. The van der Waals surface area contributed by atoms with Crippen LogP contribution in [0.15, 0.2) is 54.6 Å². The minimum atomic E-state index is -0.585. The summed E-state index contributed by atoms with van der Waals surface area (Å²) in [5.74, 6) is 1.92. The molecule has 0 spiro atoms. The second-order valence-corrected chi connectivity index (χ2v) is 10.7. The van der Waals surface area contributed by atoms with Gasteiger partial charge in [-0.1, -0.05) is 44.2 Å². The highest BCUT2D eigenvalue weighted by atomic mass is 16.5. The van der Waals surface area contributed by atoms with Gasteiger partial charge in [-0.25, -0.2) is 4.68 Å². The number of aliphatic hydroxyl groups is 1. The van der Waals surface area contributed by atoms with E-state index in [1.165, 1.54) is 0 Å². The van der Waals surface area contributed by atoms with Gasteiger partial charge in [-0.3, -0.25) is 4.90 Å². The Morgan fingerprint density at radius 2 is 1.71 bits per heavy atom. The van der Waals surface area contributed by atoms with Gasteiger partial charge in [0.15, 0.2) is 0 Å². The highest BCUT2D eigenvalue weighted by molar-refractivity contribution is 5.43. The van der Waals surface area contributed by atoms with Gasteiger partial charge in [0.2, 0.25) is 5.88 Å². The fourth-order valence-electron chi connectivity index (χ4n) is 4.00. The average molecular weight is 480 g/mol. The Morgan fingerprint density at radius 1 is 1.00 bits per heavy atom. The number of nitrogens with zero attached hydrogens (tertiary/aromatic N) is 3. The van der Waals surface area contributed by atoms with Crippen molar-refractivity contribution in [2.75, 3.05) is 19.7 Å². The van der Waals surface area contributed by atoms with Crippen molar-refractivity contribution in [3.63, 3.8) is 0 Å². The van der Waals surface area contributed by atoms with Gasteiger partial charge in [0.1, 0.15) is 5.75 Å². The lowest BCUT2D eigenvalue weighted by atomic mass is 10.1. The van der Waals surface area contributed by atoms with E-state index in [-0.39, 0.29) is 5.60 Å². The number of rotatable bonds is 11. The Balaban J connectivity index is 1.93. The third-order valence-corrected chi connectivity index (χ3v) is 5.52. The van der Waals surface area contributed by atoms with Crippen LogP contribution in [-0.4, -0.2) is 51.2 Å². The largest absolute Gasteiger partial charge is 0.439 e. The van der Waals surface area contributed by atoms with Crippen molar-refractivity contribution in [2.45, 2.75) is 66.7 Å². The molecule has 0 fully saturated rings. The van der Waals surface area contributed by atoms with Gasteiger partial charge in [0, 0.05) is 19.6 Å². The van der Waals surface area contributed by atoms with Crippen molar-refractivity contribution in [1.82, 2.24) is 14.7 Å². The summed E-state index contributed by atoms with van der Waals surface area (Å²) in [6, 6.07) is 18.1. The van der Waals surface area contributed by atoms with E-state index in [9.17, 15) is 5.11 Å². The summed E-state index contributed by atoms with van der Waals surface area (Å²) in [5, 5.41) is 15.6. The van der Waals surface area contributed by atoms with Gasteiger partial charge < -0.3 is 14.6 Å². The molecule has 3 rings (SSSR count). The van der Waals surface area contributed by atoms with Crippen LogP contribution in [0.3, 0.4) is 0 Å². The monoisotopic (exact) mass is 479 g/mol. The van der Waals surface area contributed by atoms with Crippen LogP contribution < -0.4 is 4.74 Å². The number of ether oxygens (including phenoxy) is 2. The van der Waals surface area contributed by atoms with Gasteiger partial charge >= 0.3 is 0 Å². The first-order valence-electron chi connectivity index (χ1n) is 12.4. The predicted octanol–water partition coefficient (Wildman–Crippen LogP) is 5.92. The smallest absolute Gasteiger partial charge is 0.227 e. The van der Waals surface area contributed by atoms with Gasteiger partial charge in [-0.15, -0.1) is 0 Å². The summed E-state index contributed by atoms with van der Waals surface area (Å²) in [7, 11) is 0. The molecule has 0 bridgehead atoms. The number of hydrogen-bond acceptors (Lipinski definition) is 5. The maximum Gasteiger partial charge on any atom is 0.227 e. The van der Waals surface area contributed by atoms with Crippen molar-refractivity contribution >= 4 is 0 Å². The first-order valence-corrected chi connectivity index (χ1v) is 12.4. The number of para-hydroxylation sites is 1. The van der Waals surface area contributed by atoms with E-state index in [4.69, 9.17) is 14.6 Å². The molecule has 6 heteroatoms. The van der Waals surface area contributed by atoms with Crippen molar-refractivity contribution in [3.8, 4) is 17.3 Å². The summed E-state index contributed by atoms with van der Waals surface area (Å²) in [6.07, 6.45) is -0.585. The van der Waals surface area contributed by atoms with Crippen LogP contribution in [0.1, 0.15) is 51.4 Å². The fraction of sp³-hybridized carbons (Fsp3) is 0.483. The van der Waals surface area contributed by atoms with Crippen LogP contribution in [0, 0.1) is 19.8 Å². The molecule has 3 aromatic rings. The Kier molecular flexibility index (Phi) is 9.11. The third kappa shape index (κ3) is 8.20. The van der Waals surface area contributed by atoms with Crippen LogP contribution in [0.25, 0.3) is 5.69 Å². The maximum absolute atomic E-state index is 10.7. The zero-order valence-corrected chi connectivity index (χ0v) is 22.3. The molecule has 0 saturated heterocycles. The van der Waals surface area contributed by atoms with E-state index in [2.05, 4.69) is 31.7 Å². The van der Waals surface area contributed by atoms with Crippen LogP contribution in [0.5, 0.6) is 11.6 Å². The molecular weight excluding hydrogens is 438 g/mol. The van der Waals surface area contributed by atoms with Gasteiger partial charge in [-0.2, -0.15) is 5.10 Å². The highest BCUT2D eigenvalue weighted by Crippen LogP contribution is 2.32. The Morgan fingerprint density at radius 3 is 2.34 bits per heavy atom. The van der Waals surface area contributed by atoms with Crippen molar-refractivity contribution in [2.24, 2.45) is 5.92 Å². The fourth-order valence-corrected chi connectivity index (χ4v) is 4.00. The lowest BCUT2D eigenvalue weighted by Gasteiger charge is -2.28. The molecule has 0 saturated carbocycles. The first-order chi connectivity index (χ1) is 16.5. The number of benzene rings is 2. The second-order valence-electron chi connectivity index (χ2n) is 10.7. The molecule has 0 unspecified atom stereocenters. The number of aliphatic hydroxyl groups excluding tert-OH is 1. The zero-order chi connectivity index (χ0) is 25.6. The third-order valence-electron chi connectivity index (χ3n) is 5.52. The molecule has 190 valence electrons. The number of aromatic nitrogens is 2. The van der Waals surface area contributed by atoms with E-state index in [0.29, 0.717) is 31.5 Å². The zero-order valence-electron chi connectivity index (χ0n) is 22.3. The molecule has 0 radical (unpaired) electrons. The van der Waals surface area contributed by atoms with Gasteiger partial charge in [-0.05, 0) is 70.4 Å². The summed E-state index contributed by atoms with van der Waals surface area (Å²) in [6.45, 7) is 16.7. The van der Waals surface area contributed by atoms with Crippen LogP contribution in [0.2, 0.25) is 0 Å². The number of hydrogen-bond donors (Lipinski definition) is 1. The second kappa shape index (κ2) is 11.8. The summed E-state index contributed by atoms with van der Waals surface area (Å²) in [5.41, 5.74) is 3.71. The molecule has 2 aromatic carbocycles. The number of aryl methyl sites for hydroxylation is 2. The molecule has 1 N–H and O–H groups in total. The summed E-state index contributed by atoms with van der Waals surface area (Å²) < 4.78 is 14.2. The van der Waals surface area contributed by atoms with Crippen LogP contribution in [0.4, 0.5) is 0 Å². The predicted molar refractivity (Wildman–Crippen MR) is 141 cm³/mol. The van der Waals surface area contributed by atoms with Crippen molar-refractivity contribution in [3.05, 3.63) is 71.4 Å². The Hall–Kier alpha value is -2.67. The van der Waals surface area contributed by atoms with E-state index in [0.717, 1.165) is 34.8 Å². The normalized spacial score (nSPS) is 13.0. The highest BCUT2D eigenvalue weighted by Gasteiger charge is 2.24. The summed E-state index contributed by atoms with van der Waals surface area (Å²) >= 11 is 0. The van der Waals surface area contributed by atoms with Crippen LogP contribution in [-0.2, 0) is 11.3 Å². The Bertz CT molecular complexity index is 1070. The molecule has 35 heavy (non-hydrogen) atoms. The van der Waals surface area contributed by atoms with E-state index in [1.807, 2.05) is 80.9 Å². The van der Waals surface area contributed by atoms with Crippen LogP contribution >= 0.6 is 0 Å². The summed E-state index contributed by atoms with van der Waals surface area (Å²) in [4.78, 5) is 2.27. The molecule has 1 atom stereocenters. The molecule has 0 aliphatic rings. The quantitative estimate of drug-likeness (QED) is 0.370. The topological polar surface area (TPSA) is 59.8 Å². The van der Waals surface area contributed by atoms with E-state index in [1.54, 1.807) is 0 Å². The Labute approximate surface area is 210 Å². The molecule has 1 heterocycles.